The number of hydrogen-bond acceptors (Lipinski definition) is 3. The zero-order valence-corrected chi connectivity index (χ0v) is 15.3. The van der Waals surface area contributed by atoms with Crippen molar-refractivity contribution in [2.45, 2.75) is 25.7 Å². The molecule has 0 bridgehead atoms. The average molecular weight is 364 g/mol. The van der Waals surface area contributed by atoms with Crippen LogP contribution in [-0.4, -0.2) is 36.4 Å². The van der Waals surface area contributed by atoms with Crippen molar-refractivity contribution in [2.75, 3.05) is 25.0 Å². The van der Waals surface area contributed by atoms with Gasteiger partial charge in [0.1, 0.15) is 5.75 Å². The molecule has 0 atom stereocenters. The first-order chi connectivity index (χ1) is 13.2. The molecule has 0 aromatic heterocycles. The molecule has 0 saturated carbocycles. The molecule has 5 nitrogen and oxygen atoms in total. The molecule has 2 aliphatic rings. The Morgan fingerprint density at radius 3 is 2.63 bits per heavy atom. The summed E-state index contributed by atoms with van der Waals surface area (Å²) in [5.74, 6) is 1.09. The molecule has 5 heteroatoms. The van der Waals surface area contributed by atoms with E-state index in [0.29, 0.717) is 32.4 Å². The van der Waals surface area contributed by atoms with Crippen LogP contribution in [0.1, 0.15) is 24.0 Å². The maximum Gasteiger partial charge on any atom is 0.227 e. The predicted octanol–water partition coefficient (Wildman–Crippen LogP) is 3.04. The summed E-state index contributed by atoms with van der Waals surface area (Å²) in [6.45, 7) is 2.00. The summed E-state index contributed by atoms with van der Waals surface area (Å²) in [6.07, 6.45) is 2.75. The molecular weight excluding hydrogens is 340 g/mol. The van der Waals surface area contributed by atoms with Gasteiger partial charge in [-0.15, -0.1) is 0 Å². The fourth-order valence-corrected chi connectivity index (χ4v) is 3.79. The quantitative estimate of drug-likeness (QED) is 0.907. The number of piperidine rings is 1. The lowest BCUT2D eigenvalue weighted by molar-refractivity contribution is -0.133. The monoisotopic (exact) mass is 364 g/mol. The zero-order valence-electron chi connectivity index (χ0n) is 15.3. The van der Waals surface area contributed by atoms with Gasteiger partial charge in [-0.2, -0.15) is 0 Å². The van der Waals surface area contributed by atoms with Crippen LogP contribution in [0.4, 0.5) is 5.69 Å². The second-order valence-electron chi connectivity index (χ2n) is 7.23. The van der Waals surface area contributed by atoms with Gasteiger partial charge in [0.25, 0.3) is 0 Å². The van der Waals surface area contributed by atoms with Gasteiger partial charge in [-0.25, -0.2) is 0 Å². The summed E-state index contributed by atoms with van der Waals surface area (Å²) >= 11 is 0. The Kier molecular flexibility index (Phi) is 5.10. The molecule has 2 aliphatic heterocycles. The van der Waals surface area contributed by atoms with Gasteiger partial charge in [-0.05, 0) is 42.2 Å². The molecule has 2 aromatic carbocycles. The predicted molar refractivity (Wildman–Crippen MR) is 104 cm³/mol. The van der Waals surface area contributed by atoms with Crippen LogP contribution in [0.25, 0.3) is 0 Å². The number of nitrogens with zero attached hydrogens (tertiary/aromatic N) is 1. The lowest BCUT2D eigenvalue weighted by Crippen LogP contribution is -2.42. The van der Waals surface area contributed by atoms with Gasteiger partial charge < -0.3 is 15.0 Å². The summed E-state index contributed by atoms with van der Waals surface area (Å²) in [6, 6.07) is 15.5. The van der Waals surface area contributed by atoms with Crippen molar-refractivity contribution in [3.63, 3.8) is 0 Å². The molecule has 2 aromatic rings. The molecule has 140 valence electrons. The van der Waals surface area contributed by atoms with E-state index in [0.717, 1.165) is 30.0 Å². The van der Waals surface area contributed by atoms with Crippen molar-refractivity contribution < 1.29 is 14.3 Å². The molecule has 4 rings (SSSR count). The van der Waals surface area contributed by atoms with Gasteiger partial charge in [0.15, 0.2) is 0 Å². The maximum absolute atomic E-state index is 12.6. The number of anilines is 1. The normalized spacial score (nSPS) is 16.5. The van der Waals surface area contributed by atoms with Gasteiger partial charge in [0, 0.05) is 31.1 Å². The SMILES string of the molecule is O=C(Nc1ccccc1)C1CCN(C(=O)Cc2ccc3c(c2)CCO3)CC1. The minimum Gasteiger partial charge on any atom is -0.493 e. The first-order valence-electron chi connectivity index (χ1n) is 9.57. The van der Waals surface area contributed by atoms with Gasteiger partial charge in [-0.3, -0.25) is 9.59 Å². The number of fused-ring (bicyclic) bond motifs is 1. The van der Waals surface area contributed by atoms with Gasteiger partial charge in [0.05, 0.1) is 13.0 Å². The van der Waals surface area contributed by atoms with Gasteiger partial charge in [-0.1, -0.05) is 30.3 Å². The Bertz CT molecular complexity index is 827. The Morgan fingerprint density at radius 2 is 1.85 bits per heavy atom. The van der Waals surface area contributed by atoms with E-state index in [-0.39, 0.29) is 17.7 Å². The molecule has 27 heavy (non-hydrogen) atoms. The topological polar surface area (TPSA) is 58.6 Å². The molecule has 0 unspecified atom stereocenters. The fourth-order valence-electron chi connectivity index (χ4n) is 3.79. The first kappa shape index (κ1) is 17.6. The molecule has 1 N–H and O–H groups in total. The maximum atomic E-state index is 12.6. The molecule has 1 fully saturated rings. The molecule has 1 saturated heterocycles. The van der Waals surface area contributed by atoms with Gasteiger partial charge >= 0.3 is 0 Å². The summed E-state index contributed by atoms with van der Waals surface area (Å²) < 4.78 is 5.52. The van der Waals surface area contributed by atoms with Crippen molar-refractivity contribution >= 4 is 17.5 Å². The Labute approximate surface area is 159 Å². The summed E-state index contributed by atoms with van der Waals surface area (Å²) in [4.78, 5) is 26.9. The van der Waals surface area contributed by atoms with Crippen molar-refractivity contribution in [3.05, 3.63) is 59.7 Å². The Balaban J connectivity index is 1.28. The van der Waals surface area contributed by atoms with Crippen LogP contribution in [0.15, 0.2) is 48.5 Å². The minimum atomic E-state index is -0.0357. The van der Waals surface area contributed by atoms with Crippen LogP contribution in [0.5, 0.6) is 5.75 Å². The Hall–Kier alpha value is -2.82. The number of para-hydroxylation sites is 1. The third-order valence-electron chi connectivity index (χ3n) is 5.37. The molecule has 0 spiro atoms. The van der Waals surface area contributed by atoms with Crippen LogP contribution in [0.2, 0.25) is 0 Å². The number of ether oxygens (including phenoxy) is 1. The highest BCUT2D eigenvalue weighted by Crippen LogP contribution is 2.26. The van der Waals surface area contributed by atoms with E-state index >= 15 is 0 Å². The third kappa shape index (κ3) is 4.13. The smallest absolute Gasteiger partial charge is 0.227 e. The number of rotatable bonds is 4. The van der Waals surface area contributed by atoms with Crippen LogP contribution < -0.4 is 10.1 Å². The van der Waals surface area contributed by atoms with E-state index in [1.54, 1.807) is 0 Å². The second kappa shape index (κ2) is 7.82. The number of likely N-dealkylation sites (tertiary alicyclic amines) is 1. The van der Waals surface area contributed by atoms with Crippen LogP contribution in [-0.2, 0) is 22.4 Å². The van der Waals surface area contributed by atoms with E-state index in [2.05, 4.69) is 11.4 Å². The van der Waals surface area contributed by atoms with E-state index in [1.165, 1.54) is 5.56 Å². The highest BCUT2D eigenvalue weighted by atomic mass is 16.5. The van der Waals surface area contributed by atoms with Crippen LogP contribution in [0, 0.1) is 5.92 Å². The highest BCUT2D eigenvalue weighted by molar-refractivity contribution is 5.92. The number of carbonyl (C=O) groups is 2. The zero-order chi connectivity index (χ0) is 18.6. The van der Waals surface area contributed by atoms with E-state index in [9.17, 15) is 9.59 Å². The average Bonchev–Trinajstić information content (AvgIpc) is 3.16. The first-order valence-corrected chi connectivity index (χ1v) is 9.57. The number of carbonyl (C=O) groups excluding carboxylic acids is 2. The van der Waals surface area contributed by atoms with E-state index in [1.807, 2.05) is 47.4 Å². The minimum absolute atomic E-state index is 0.0357. The lowest BCUT2D eigenvalue weighted by atomic mass is 9.95. The van der Waals surface area contributed by atoms with Crippen LogP contribution in [0.3, 0.4) is 0 Å². The van der Waals surface area contributed by atoms with Crippen molar-refractivity contribution in [1.82, 2.24) is 4.90 Å². The summed E-state index contributed by atoms with van der Waals surface area (Å²) in [5, 5.41) is 2.97. The molecule has 0 radical (unpaired) electrons. The summed E-state index contributed by atoms with van der Waals surface area (Å²) in [5.41, 5.74) is 3.05. The van der Waals surface area contributed by atoms with Crippen LogP contribution >= 0.6 is 0 Å². The molecule has 2 heterocycles. The van der Waals surface area contributed by atoms with Crippen molar-refractivity contribution in [2.24, 2.45) is 5.92 Å². The number of benzene rings is 2. The summed E-state index contributed by atoms with van der Waals surface area (Å²) in [7, 11) is 0. The third-order valence-corrected chi connectivity index (χ3v) is 5.37. The number of hydrogen-bond donors (Lipinski definition) is 1. The van der Waals surface area contributed by atoms with Gasteiger partial charge in [0.2, 0.25) is 11.8 Å². The number of amides is 2. The Morgan fingerprint density at radius 1 is 1.07 bits per heavy atom. The fraction of sp³-hybridized carbons (Fsp3) is 0.364. The molecular formula is C22H24N2O3. The molecule has 2 amide bonds. The second-order valence-corrected chi connectivity index (χ2v) is 7.23. The molecule has 0 aliphatic carbocycles. The number of nitrogens with one attached hydrogen (secondary N) is 1. The largest absolute Gasteiger partial charge is 0.493 e. The highest BCUT2D eigenvalue weighted by Gasteiger charge is 2.27. The van der Waals surface area contributed by atoms with Crippen molar-refractivity contribution in [1.29, 1.82) is 0 Å². The van der Waals surface area contributed by atoms with E-state index < -0.39 is 0 Å². The lowest BCUT2D eigenvalue weighted by Gasteiger charge is -2.31. The van der Waals surface area contributed by atoms with E-state index in [4.69, 9.17) is 4.74 Å². The van der Waals surface area contributed by atoms with Crippen molar-refractivity contribution in [3.8, 4) is 5.75 Å². The standard InChI is InChI=1S/C22H24N2O3/c25-21(15-16-6-7-20-18(14-16)10-13-27-20)24-11-8-17(9-12-24)22(26)23-19-4-2-1-3-5-19/h1-7,14,17H,8-13,15H2,(H,23,26).